The second-order valence-electron chi connectivity index (χ2n) is 24.0. The van der Waals surface area contributed by atoms with Crippen LogP contribution in [-0.2, 0) is 27.9 Å². The molecule has 0 rings (SSSR count). The second-order valence-corrected chi connectivity index (χ2v) is 25.4. The van der Waals surface area contributed by atoms with Gasteiger partial charge in [-0.1, -0.05) is 289 Å². The normalized spacial score (nSPS) is 13.7. The van der Waals surface area contributed by atoms with Crippen LogP contribution in [0.5, 0.6) is 0 Å². The summed E-state index contributed by atoms with van der Waals surface area (Å²) < 4.78 is 30.4. The number of carbonyl (C=O) groups excluding carboxylic acids is 2. The Labute approximate surface area is 473 Å². The van der Waals surface area contributed by atoms with Crippen LogP contribution in [0.1, 0.15) is 335 Å². The van der Waals surface area contributed by atoms with Crippen molar-refractivity contribution >= 4 is 19.7 Å². The monoisotopic (exact) mass is 1090 g/mol. The predicted octanol–water partition coefficient (Wildman–Crippen LogP) is 19.9. The molecule has 0 heterocycles. The van der Waals surface area contributed by atoms with E-state index in [0.717, 1.165) is 70.6 Å². The number of phosphoric acid groups is 1. The number of esters is 1. The summed E-state index contributed by atoms with van der Waals surface area (Å²) in [6, 6.07) is -0.891. The number of hydrogen-bond donors (Lipinski definition) is 1. The standard InChI is InChI=1S/C66H129N2O7P/c1-7-10-13-16-19-22-25-28-30-31-32-33-34-35-36-37-38-41-44-47-50-53-56-59-66(70)75-64(57-54-51-48-45-42-39-27-24-21-18-15-12-9-3)63(62-74-76(71,72)73-61-60-68(4,5)6)67-65(69)58-55-52-49-46-43-40-29-26-23-20-17-14-11-8-2/h40,43,54,57,63-64H,7-39,41-42,44-53,55-56,58-62H2,1-6H3,(H-,67,69,71,72)/b43-40-,57-54-. The maximum atomic E-state index is 13.5. The number of nitrogens with one attached hydrogen (secondary N) is 1. The maximum absolute atomic E-state index is 13.5. The van der Waals surface area contributed by atoms with E-state index >= 15 is 0 Å². The first-order valence-corrected chi connectivity index (χ1v) is 34.6. The van der Waals surface area contributed by atoms with E-state index in [1.807, 2.05) is 33.3 Å². The van der Waals surface area contributed by atoms with Gasteiger partial charge in [0.1, 0.15) is 19.3 Å². The van der Waals surface area contributed by atoms with Crippen LogP contribution in [0.2, 0.25) is 0 Å². The molecule has 0 fully saturated rings. The highest BCUT2D eigenvalue weighted by Crippen LogP contribution is 2.38. The molecule has 3 unspecified atom stereocenters. The number of phosphoric ester groups is 1. The number of likely N-dealkylation sites (N-methyl/N-ethyl adjacent to an activating group) is 1. The lowest BCUT2D eigenvalue weighted by Crippen LogP contribution is -2.47. The molecule has 1 amide bonds. The van der Waals surface area contributed by atoms with Gasteiger partial charge in [0.15, 0.2) is 0 Å². The first-order valence-electron chi connectivity index (χ1n) is 33.1. The molecule has 0 aliphatic heterocycles. The third kappa shape index (κ3) is 57.2. The molecule has 3 atom stereocenters. The Bertz CT molecular complexity index is 1350. The van der Waals surface area contributed by atoms with Gasteiger partial charge in [0.2, 0.25) is 5.91 Å². The third-order valence-electron chi connectivity index (χ3n) is 15.1. The van der Waals surface area contributed by atoms with Crippen molar-refractivity contribution in [2.75, 3.05) is 40.9 Å². The number of rotatable bonds is 61. The van der Waals surface area contributed by atoms with Crippen LogP contribution in [-0.4, -0.2) is 69.4 Å². The quantitative estimate of drug-likeness (QED) is 0.0212. The number of carbonyl (C=O) groups is 2. The molecule has 450 valence electrons. The summed E-state index contributed by atoms with van der Waals surface area (Å²) >= 11 is 0. The van der Waals surface area contributed by atoms with Crippen molar-refractivity contribution in [2.24, 2.45) is 0 Å². The Kier molecular flexibility index (Phi) is 55.6. The van der Waals surface area contributed by atoms with Crippen molar-refractivity contribution in [3.8, 4) is 0 Å². The van der Waals surface area contributed by atoms with E-state index in [4.69, 9.17) is 13.8 Å². The minimum absolute atomic E-state index is 0.0214. The molecule has 0 aliphatic rings. The molecule has 0 bridgehead atoms. The van der Waals surface area contributed by atoms with Crippen molar-refractivity contribution in [3.05, 3.63) is 24.3 Å². The Balaban J connectivity index is 5.12. The van der Waals surface area contributed by atoms with Crippen LogP contribution in [0.3, 0.4) is 0 Å². The SMILES string of the molecule is CCCCCCCCC/C=C\CCCCCC(=O)NC(COP(=O)([O-])OCC[N+](C)(C)C)C(/C=C\CCCCCCCCCCCCC)OC(=O)CCCCCCCCCCCCCCCCCCCCCCCCC. The Morgan fingerprint density at radius 2 is 0.763 bits per heavy atom. The lowest BCUT2D eigenvalue weighted by Gasteiger charge is -2.30. The van der Waals surface area contributed by atoms with E-state index in [-0.39, 0.29) is 31.5 Å². The first-order chi connectivity index (χ1) is 36.9. The molecule has 0 aromatic rings. The molecule has 0 radical (unpaired) electrons. The summed E-state index contributed by atoms with van der Waals surface area (Å²) in [6.45, 7) is 6.88. The minimum atomic E-state index is -4.70. The zero-order chi connectivity index (χ0) is 55.7. The zero-order valence-electron chi connectivity index (χ0n) is 51.5. The molecule has 1 N–H and O–H groups in total. The van der Waals surface area contributed by atoms with Gasteiger partial charge in [0.25, 0.3) is 7.82 Å². The lowest BCUT2D eigenvalue weighted by molar-refractivity contribution is -0.870. The zero-order valence-corrected chi connectivity index (χ0v) is 52.4. The van der Waals surface area contributed by atoms with E-state index in [0.29, 0.717) is 17.4 Å². The number of amides is 1. The van der Waals surface area contributed by atoms with Gasteiger partial charge >= 0.3 is 5.97 Å². The Hall–Kier alpha value is -1.51. The molecule has 0 aromatic carbocycles. The van der Waals surface area contributed by atoms with Gasteiger partial charge in [-0.2, -0.15) is 0 Å². The fourth-order valence-electron chi connectivity index (χ4n) is 9.99. The summed E-state index contributed by atoms with van der Waals surface area (Å²) in [5, 5.41) is 3.03. The maximum Gasteiger partial charge on any atom is 0.306 e. The Morgan fingerprint density at radius 3 is 1.13 bits per heavy atom. The fraction of sp³-hybridized carbons (Fsp3) is 0.909. The number of quaternary nitrogens is 1. The minimum Gasteiger partial charge on any atom is -0.756 e. The number of hydrogen-bond acceptors (Lipinski definition) is 7. The Morgan fingerprint density at radius 1 is 0.447 bits per heavy atom. The summed E-state index contributed by atoms with van der Waals surface area (Å²) in [4.78, 5) is 40.0. The van der Waals surface area contributed by atoms with Crippen LogP contribution < -0.4 is 10.2 Å². The smallest absolute Gasteiger partial charge is 0.306 e. The van der Waals surface area contributed by atoms with Gasteiger partial charge in [-0.3, -0.25) is 14.2 Å². The predicted molar refractivity (Wildman–Crippen MR) is 326 cm³/mol. The van der Waals surface area contributed by atoms with Crippen molar-refractivity contribution in [1.29, 1.82) is 0 Å². The van der Waals surface area contributed by atoms with E-state index in [9.17, 15) is 19.0 Å². The summed E-state index contributed by atoms with van der Waals surface area (Å²) in [5.74, 6) is -0.541. The molecule has 76 heavy (non-hydrogen) atoms. The number of nitrogens with zero attached hydrogens (tertiary/aromatic N) is 1. The van der Waals surface area contributed by atoms with E-state index < -0.39 is 20.0 Å². The number of allylic oxidation sites excluding steroid dienone is 3. The lowest BCUT2D eigenvalue weighted by atomic mass is 10.0. The van der Waals surface area contributed by atoms with Gasteiger partial charge in [-0.25, -0.2) is 0 Å². The number of ether oxygens (including phenoxy) is 1. The van der Waals surface area contributed by atoms with E-state index in [2.05, 4.69) is 38.2 Å². The molecular formula is C66H129N2O7P. The third-order valence-corrected chi connectivity index (χ3v) is 16.1. The molecule has 0 saturated heterocycles. The number of unbranched alkanes of at least 4 members (excludes halogenated alkanes) is 43. The summed E-state index contributed by atoms with van der Waals surface area (Å²) in [5.41, 5.74) is 0. The van der Waals surface area contributed by atoms with Crippen molar-refractivity contribution in [3.63, 3.8) is 0 Å². The molecule has 10 heteroatoms. The van der Waals surface area contributed by atoms with Crippen molar-refractivity contribution < 1.29 is 37.3 Å². The topological polar surface area (TPSA) is 114 Å². The van der Waals surface area contributed by atoms with E-state index in [1.165, 1.54) is 231 Å². The van der Waals surface area contributed by atoms with Crippen LogP contribution in [0.25, 0.3) is 0 Å². The fourth-order valence-corrected chi connectivity index (χ4v) is 10.7. The van der Waals surface area contributed by atoms with Crippen molar-refractivity contribution in [1.82, 2.24) is 5.32 Å². The first kappa shape index (κ1) is 74.5. The van der Waals surface area contributed by atoms with Crippen LogP contribution in [0.15, 0.2) is 24.3 Å². The second kappa shape index (κ2) is 56.8. The molecule has 0 spiro atoms. The molecule has 0 aromatic heterocycles. The highest BCUT2D eigenvalue weighted by Gasteiger charge is 2.27. The van der Waals surface area contributed by atoms with Crippen LogP contribution in [0, 0.1) is 0 Å². The summed E-state index contributed by atoms with van der Waals surface area (Å²) in [6.07, 6.45) is 67.3. The van der Waals surface area contributed by atoms with Gasteiger partial charge in [-0.15, -0.1) is 0 Å². The molecule has 0 aliphatic carbocycles. The van der Waals surface area contributed by atoms with Gasteiger partial charge in [-0.05, 0) is 57.4 Å². The van der Waals surface area contributed by atoms with Crippen LogP contribution in [0.4, 0.5) is 0 Å². The average Bonchev–Trinajstić information content (AvgIpc) is 3.38. The van der Waals surface area contributed by atoms with Crippen molar-refractivity contribution in [2.45, 2.75) is 348 Å². The van der Waals surface area contributed by atoms with Gasteiger partial charge in [0.05, 0.1) is 33.8 Å². The van der Waals surface area contributed by atoms with Crippen LogP contribution >= 0.6 is 7.82 Å². The van der Waals surface area contributed by atoms with E-state index in [1.54, 1.807) is 0 Å². The average molecular weight is 1090 g/mol. The molecule has 9 nitrogen and oxygen atoms in total. The van der Waals surface area contributed by atoms with Gasteiger partial charge in [0, 0.05) is 12.8 Å². The molecular weight excluding hydrogens is 964 g/mol. The summed E-state index contributed by atoms with van der Waals surface area (Å²) in [7, 11) is 1.19. The molecule has 0 saturated carbocycles. The largest absolute Gasteiger partial charge is 0.756 e. The highest BCUT2D eigenvalue weighted by molar-refractivity contribution is 7.45. The van der Waals surface area contributed by atoms with Gasteiger partial charge < -0.3 is 28.5 Å². The highest BCUT2D eigenvalue weighted by atomic mass is 31.2.